The number of anilines is 1. The molecule has 2 N–H and O–H groups in total. The fraction of sp³-hybridized carbons (Fsp3) is 0.357. The molecule has 6 nitrogen and oxygen atoms in total. The monoisotopic (exact) mass is 277 g/mol. The topological polar surface area (TPSA) is 82.5 Å². The van der Waals surface area contributed by atoms with Crippen molar-refractivity contribution in [3.8, 4) is 0 Å². The summed E-state index contributed by atoms with van der Waals surface area (Å²) in [6.07, 6.45) is 2.97. The van der Waals surface area contributed by atoms with E-state index in [9.17, 15) is 9.59 Å². The molecule has 1 heterocycles. The summed E-state index contributed by atoms with van der Waals surface area (Å²) in [6, 6.07) is 3.02. The van der Waals surface area contributed by atoms with Crippen LogP contribution in [0.1, 0.15) is 19.5 Å². The Morgan fingerprint density at radius 3 is 2.65 bits per heavy atom. The summed E-state index contributed by atoms with van der Waals surface area (Å²) >= 11 is 0. The predicted octanol–water partition coefficient (Wildman–Crippen LogP) is 2.14. The second kappa shape index (κ2) is 7.28. The molecule has 0 spiro atoms. The molecule has 0 saturated heterocycles. The number of hydrogen-bond acceptors (Lipinski definition) is 3. The molecule has 1 aromatic rings. The van der Waals surface area contributed by atoms with Gasteiger partial charge in [0.15, 0.2) is 0 Å². The average Bonchev–Trinajstić information content (AvgIpc) is 2.37. The number of amides is 2. The number of pyridine rings is 1. The molecule has 2 amide bonds. The molecule has 108 valence electrons. The Labute approximate surface area is 118 Å². The van der Waals surface area contributed by atoms with Crippen molar-refractivity contribution in [1.29, 1.82) is 0 Å². The standard InChI is InChI=1S/C14H19N3O3/c1-4-7-17(10(2)3)14(20)16-12-6-5-11(15-9-12)8-13(18)19/h4-6,9-10H,1,7-8H2,2-3H3,(H,16,20)(H,18,19). The lowest BCUT2D eigenvalue weighted by Gasteiger charge is -2.25. The smallest absolute Gasteiger partial charge is 0.322 e. The van der Waals surface area contributed by atoms with Gasteiger partial charge in [-0.2, -0.15) is 0 Å². The molecule has 6 heteroatoms. The summed E-state index contributed by atoms with van der Waals surface area (Å²) in [5.41, 5.74) is 0.973. The number of urea groups is 1. The van der Waals surface area contributed by atoms with Crippen LogP contribution >= 0.6 is 0 Å². The minimum atomic E-state index is -0.939. The van der Waals surface area contributed by atoms with Crippen LogP contribution < -0.4 is 5.32 Å². The Hall–Kier alpha value is -2.37. The maximum absolute atomic E-state index is 12.1. The van der Waals surface area contributed by atoms with Crippen LogP contribution in [-0.4, -0.2) is 39.6 Å². The number of carbonyl (C=O) groups excluding carboxylic acids is 1. The highest BCUT2D eigenvalue weighted by molar-refractivity contribution is 5.89. The summed E-state index contributed by atoms with van der Waals surface area (Å²) in [7, 11) is 0. The summed E-state index contributed by atoms with van der Waals surface area (Å²) in [5.74, 6) is -0.939. The van der Waals surface area contributed by atoms with Gasteiger partial charge in [-0.15, -0.1) is 6.58 Å². The normalized spacial score (nSPS) is 10.2. The second-order valence-corrected chi connectivity index (χ2v) is 4.57. The van der Waals surface area contributed by atoms with Gasteiger partial charge in [0.25, 0.3) is 0 Å². The zero-order valence-corrected chi connectivity index (χ0v) is 11.7. The SMILES string of the molecule is C=CCN(C(=O)Nc1ccc(CC(=O)O)nc1)C(C)C. The maximum Gasteiger partial charge on any atom is 0.322 e. The van der Waals surface area contributed by atoms with Crippen LogP contribution in [0.5, 0.6) is 0 Å². The van der Waals surface area contributed by atoms with Crippen molar-refractivity contribution in [3.63, 3.8) is 0 Å². The van der Waals surface area contributed by atoms with E-state index >= 15 is 0 Å². The van der Waals surface area contributed by atoms with E-state index in [2.05, 4.69) is 16.9 Å². The van der Waals surface area contributed by atoms with Crippen LogP contribution in [0.4, 0.5) is 10.5 Å². The van der Waals surface area contributed by atoms with Crippen molar-refractivity contribution in [2.45, 2.75) is 26.3 Å². The van der Waals surface area contributed by atoms with Crippen molar-refractivity contribution in [3.05, 3.63) is 36.7 Å². The molecule has 20 heavy (non-hydrogen) atoms. The third-order valence-electron chi connectivity index (χ3n) is 2.62. The van der Waals surface area contributed by atoms with Crippen LogP contribution in [0.2, 0.25) is 0 Å². The van der Waals surface area contributed by atoms with E-state index in [1.54, 1.807) is 23.1 Å². The molecule has 0 aromatic carbocycles. The number of aliphatic carboxylic acids is 1. The first-order valence-corrected chi connectivity index (χ1v) is 6.29. The third-order valence-corrected chi connectivity index (χ3v) is 2.62. The Balaban J connectivity index is 2.69. The number of carboxylic acids is 1. The van der Waals surface area contributed by atoms with E-state index in [0.29, 0.717) is 17.9 Å². The van der Waals surface area contributed by atoms with E-state index in [4.69, 9.17) is 5.11 Å². The molecule has 0 aliphatic rings. The fourth-order valence-electron chi connectivity index (χ4n) is 1.62. The number of carboxylic acid groups (broad SMARTS) is 1. The predicted molar refractivity (Wildman–Crippen MR) is 76.6 cm³/mol. The van der Waals surface area contributed by atoms with Gasteiger partial charge in [-0.1, -0.05) is 6.08 Å². The highest BCUT2D eigenvalue weighted by atomic mass is 16.4. The van der Waals surface area contributed by atoms with Gasteiger partial charge in [-0.25, -0.2) is 4.79 Å². The fourth-order valence-corrected chi connectivity index (χ4v) is 1.62. The maximum atomic E-state index is 12.1. The molecule has 1 aromatic heterocycles. The molecule has 0 fully saturated rings. The molecule has 0 unspecified atom stereocenters. The first kappa shape index (κ1) is 15.7. The zero-order chi connectivity index (χ0) is 15.1. The quantitative estimate of drug-likeness (QED) is 0.780. The Bertz CT molecular complexity index is 483. The molecule has 0 saturated carbocycles. The highest BCUT2D eigenvalue weighted by Gasteiger charge is 2.15. The molecule has 0 bridgehead atoms. The van der Waals surface area contributed by atoms with Crippen LogP contribution in [0.15, 0.2) is 31.0 Å². The van der Waals surface area contributed by atoms with Crippen LogP contribution in [-0.2, 0) is 11.2 Å². The average molecular weight is 277 g/mol. The molecule has 1 rings (SSSR count). The summed E-state index contributed by atoms with van der Waals surface area (Å²) in [5, 5.41) is 11.4. The van der Waals surface area contributed by atoms with Crippen LogP contribution in [0, 0.1) is 0 Å². The van der Waals surface area contributed by atoms with E-state index in [-0.39, 0.29) is 18.5 Å². The minimum Gasteiger partial charge on any atom is -0.481 e. The van der Waals surface area contributed by atoms with E-state index in [0.717, 1.165) is 0 Å². The zero-order valence-electron chi connectivity index (χ0n) is 11.7. The minimum absolute atomic E-state index is 0.0484. The van der Waals surface area contributed by atoms with E-state index in [1.807, 2.05) is 13.8 Å². The summed E-state index contributed by atoms with van der Waals surface area (Å²) in [6.45, 7) is 7.90. The molecule has 0 radical (unpaired) electrons. The van der Waals surface area contributed by atoms with Crippen molar-refractivity contribution in [2.75, 3.05) is 11.9 Å². The van der Waals surface area contributed by atoms with Crippen molar-refractivity contribution < 1.29 is 14.7 Å². The second-order valence-electron chi connectivity index (χ2n) is 4.57. The van der Waals surface area contributed by atoms with Gasteiger partial charge in [-0.3, -0.25) is 9.78 Å². The van der Waals surface area contributed by atoms with Crippen LogP contribution in [0.25, 0.3) is 0 Å². The Morgan fingerprint density at radius 2 is 2.20 bits per heavy atom. The van der Waals surface area contributed by atoms with E-state index < -0.39 is 5.97 Å². The number of nitrogens with one attached hydrogen (secondary N) is 1. The van der Waals surface area contributed by atoms with Crippen molar-refractivity contribution in [2.24, 2.45) is 0 Å². The third kappa shape index (κ3) is 4.72. The number of carbonyl (C=O) groups is 2. The summed E-state index contributed by atoms with van der Waals surface area (Å²) < 4.78 is 0. The van der Waals surface area contributed by atoms with Gasteiger partial charge < -0.3 is 15.3 Å². The van der Waals surface area contributed by atoms with Gasteiger partial charge in [0.05, 0.1) is 24.0 Å². The molecule has 0 aliphatic carbocycles. The van der Waals surface area contributed by atoms with Crippen LogP contribution in [0.3, 0.4) is 0 Å². The first-order chi connectivity index (χ1) is 9.43. The first-order valence-electron chi connectivity index (χ1n) is 6.29. The number of rotatable bonds is 6. The molecule has 0 aliphatic heterocycles. The lowest BCUT2D eigenvalue weighted by atomic mass is 10.2. The van der Waals surface area contributed by atoms with Gasteiger partial charge in [0, 0.05) is 12.6 Å². The van der Waals surface area contributed by atoms with Crippen molar-refractivity contribution in [1.82, 2.24) is 9.88 Å². The van der Waals surface area contributed by atoms with Gasteiger partial charge in [-0.05, 0) is 26.0 Å². The van der Waals surface area contributed by atoms with Crippen molar-refractivity contribution >= 4 is 17.7 Å². The van der Waals surface area contributed by atoms with Gasteiger partial charge in [0.2, 0.25) is 0 Å². The van der Waals surface area contributed by atoms with E-state index in [1.165, 1.54) is 6.20 Å². The molecular formula is C14H19N3O3. The Kier molecular flexibility index (Phi) is 5.71. The largest absolute Gasteiger partial charge is 0.481 e. The summed E-state index contributed by atoms with van der Waals surface area (Å²) in [4.78, 5) is 28.2. The number of hydrogen-bond donors (Lipinski definition) is 2. The number of aromatic nitrogens is 1. The number of nitrogens with zero attached hydrogens (tertiary/aromatic N) is 2. The Morgan fingerprint density at radius 1 is 1.50 bits per heavy atom. The van der Waals surface area contributed by atoms with Gasteiger partial charge >= 0.3 is 12.0 Å². The lowest BCUT2D eigenvalue weighted by Crippen LogP contribution is -2.40. The highest BCUT2D eigenvalue weighted by Crippen LogP contribution is 2.09. The lowest BCUT2D eigenvalue weighted by molar-refractivity contribution is -0.136. The molecule has 0 atom stereocenters. The molecular weight excluding hydrogens is 258 g/mol. The van der Waals surface area contributed by atoms with Gasteiger partial charge in [0.1, 0.15) is 0 Å².